The van der Waals surface area contributed by atoms with Crippen LogP contribution in [-0.2, 0) is 10.0 Å². The third-order valence-corrected chi connectivity index (χ3v) is 6.52. The van der Waals surface area contributed by atoms with Crippen molar-refractivity contribution in [2.75, 3.05) is 17.9 Å². The van der Waals surface area contributed by atoms with Crippen molar-refractivity contribution in [1.82, 2.24) is 5.32 Å². The summed E-state index contributed by atoms with van der Waals surface area (Å²) in [7, 11) is -3.69. The molecule has 4 rings (SSSR count). The van der Waals surface area contributed by atoms with Gasteiger partial charge in [-0.15, -0.1) is 0 Å². The van der Waals surface area contributed by atoms with E-state index in [1.165, 1.54) is 0 Å². The molecule has 33 heavy (non-hydrogen) atoms. The molecule has 0 fully saturated rings. The lowest BCUT2D eigenvalue weighted by atomic mass is 10.1. The first-order chi connectivity index (χ1) is 15.9. The molecule has 0 atom stereocenters. The molecule has 4 aromatic rings. The smallest absolute Gasteiger partial charge is 0.261 e. The summed E-state index contributed by atoms with van der Waals surface area (Å²) in [5, 5.41) is 4.93. The van der Waals surface area contributed by atoms with Gasteiger partial charge in [-0.2, -0.15) is 0 Å². The Hall–Kier alpha value is -3.84. The number of amides is 1. The minimum Gasteiger partial charge on any atom is -0.491 e. The van der Waals surface area contributed by atoms with Gasteiger partial charge >= 0.3 is 0 Å². The predicted octanol–water partition coefficient (Wildman–Crippen LogP) is 4.76. The standard InChI is InChI=1S/C26H24N2O4S/c1-19-9-15-23(16-10-19)33(30,31)28-22-13-11-21(12-14-22)26(29)27-17-18-32-25-8-4-6-20-5-2-3-7-24(20)25/h2-16,28H,17-18H2,1H3,(H,27,29). The maximum atomic E-state index is 12.5. The van der Waals surface area contributed by atoms with E-state index < -0.39 is 10.0 Å². The Balaban J connectivity index is 1.30. The number of rotatable bonds is 8. The van der Waals surface area contributed by atoms with E-state index in [1.807, 2.05) is 49.4 Å². The van der Waals surface area contributed by atoms with Crippen LogP contribution in [0.15, 0.2) is 95.9 Å². The van der Waals surface area contributed by atoms with Crippen molar-refractivity contribution in [1.29, 1.82) is 0 Å². The van der Waals surface area contributed by atoms with E-state index in [1.54, 1.807) is 48.5 Å². The van der Waals surface area contributed by atoms with Crippen LogP contribution in [-0.4, -0.2) is 27.5 Å². The lowest BCUT2D eigenvalue weighted by molar-refractivity contribution is 0.0947. The summed E-state index contributed by atoms with van der Waals surface area (Å²) in [5.74, 6) is 0.511. The number of fused-ring (bicyclic) bond motifs is 1. The summed E-state index contributed by atoms with van der Waals surface area (Å²) in [5.41, 5.74) is 1.79. The highest BCUT2D eigenvalue weighted by Gasteiger charge is 2.14. The van der Waals surface area contributed by atoms with Crippen molar-refractivity contribution in [2.45, 2.75) is 11.8 Å². The molecule has 0 saturated heterocycles. The minimum absolute atomic E-state index is 0.182. The average molecular weight is 461 g/mol. The van der Waals surface area contributed by atoms with Crippen molar-refractivity contribution in [3.05, 3.63) is 102 Å². The fraction of sp³-hybridized carbons (Fsp3) is 0.115. The van der Waals surface area contributed by atoms with Crippen LogP contribution in [0.25, 0.3) is 10.8 Å². The third kappa shape index (κ3) is 5.51. The molecule has 0 radical (unpaired) electrons. The van der Waals surface area contributed by atoms with Crippen LogP contribution in [0.2, 0.25) is 0 Å². The number of aryl methyl sites for hydroxylation is 1. The van der Waals surface area contributed by atoms with Crippen LogP contribution >= 0.6 is 0 Å². The topological polar surface area (TPSA) is 84.5 Å². The zero-order valence-electron chi connectivity index (χ0n) is 18.1. The van der Waals surface area contributed by atoms with Gasteiger partial charge in [0.15, 0.2) is 0 Å². The van der Waals surface area contributed by atoms with Gasteiger partial charge in [0.05, 0.1) is 11.4 Å². The van der Waals surface area contributed by atoms with E-state index in [0.29, 0.717) is 24.4 Å². The summed E-state index contributed by atoms with van der Waals surface area (Å²) < 4.78 is 33.4. The van der Waals surface area contributed by atoms with Crippen LogP contribution in [0.3, 0.4) is 0 Å². The van der Waals surface area contributed by atoms with Crippen LogP contribution in [0, 0.1) is 6.92 Å². The molecule has 2 N–H and O–H groups in total. The molecule has 0 unspecified atom stereocenters. The minimum atomic E-state index is -3.69. The number of nitrogens with one attached hydrogen (secondary N) is 2. The Morgan fingerprint density at radius 2 is 1.55 bits per heavy atom. The number of anilines is 1. The molecule has 168 valence electrons. The second kappa shape index (κ2) is 9.75. The highest BCUT2D eigenvalue weighted by Crippen LogP contribution is 2.25. The first kappa shape index (κ1) is 22.4. The monoisotopic (exact) mass is 460 g/mol. The zero-order valence-corrected chi connectivity index (χ0v) is 18.9. The van der Waals surface area contributed by atoms with E-state index in [4.69, 9.17) is 4.74 Å². The van der Waals surface area contributed by atoms with Gasteiger partial charge in [-0.25, -0.2) is 8.42 Å². The SMILES string of the molecule is Cc1ccc(S(=O)(=O)Nc2ccc(C(=O)NCCOc3cccc4ccccc34)cc2)cc1. The Morgan fingerprint density at radius 1 is 0.848 bits per heavy atom. The quantitative estimate of drug-likeness (QED) is 0.372. The molecule has 0 spiro atoms. The largest absolute Gasteiger partial charge is 0.491 e. The number of benzene rings is 4. The molecular weight excluding hydrogens is 436 g/mol. The predicted molar refractivity (Wildman–Crippen MR) is 130 cm³/mol. The van der Waals surface area contributed by atoms with E-state index in [0.717, 1.165) is 22.1 Å². The molecule has 0 aromatic heterocycles. The number of hydrogen-bond donors (Lipinski definition) is 2. The fourth-order valence-corrected chi connectivity index (χ4v) is 4.43. The molecule has 0 bridgehead atoms. The fourth-order valence-electron chi connectivity index (χ4n) is 3.37. The molecule has 0 aliphatic rings. The summed E-state index contributed by atoms with van der Waals surface area (Å²) in [6.45, 7) is 2.56. The first-order valence-corrected chi connectivity index (χ1v) is 12.0. The van der Waals surface area contributed by atoms with E-state index >= 15 is 0 Å². The van der Waals surface area contributed by atoms with Gasteiger partial charge in [0, 0.05) is 16.6 Å². The number of carbonyl (C=O) groups is 1. The highest BCUT2D eigenvalue weighted by atomic mass is 32.2. The second-order valence-corrected chi connectivity index (χ2v) is 9.26. The maximum absolute atomic E-state index is 12.5. The molecule has 4 aromatic carbocycles. The lowest BCUT2D eigenvalue weighted by Gasteiger charge is -2.11. The second-order valence-electron chi connectivity index (χ2n) is 7.58. The van der Waals surface area contributed by atoms with Crippen molar-refractivity contribution in [2.24, 2.45) is 0 Å². The van der Waals surface area contributed by atoms with E-state index in [2.05, 4.69) is 10.0 Å². The summed E-state index contributed by atoms with van der Waals surface area (Å²) in [4.78, 5) is 12.6. The van der Waals surface area contributed by atoms with Crippen LogP contribution < -0.4 is 14.8 Å². The van der Waals surface area contributed by atoms with Gasteiger partial charge in [-0.3, -0.25) is 9.52 Å². The van der Waals surface area contributed by atoms with Crippen LogP contribution in [0.5, 0.6) is 5.75 Å². The van der Waals surface area contributed by atoms with Crippen molar-refractivity contribution >= 4 is 32.4 Å². The summed E-state index contributed by atoms with van der Waals surface area (Å²) >= 11 is 0. The molecule has 0 aliphatic heterocycles. The van der Waals surface area contributed by atoms with Crippen LogP contribution in [0.4, 0.5) is 5.69 Å². The molecule has 0 saturated carbocycles. The van der Waals surface area contributed by atoms with E-state index in [9.17, 15) is 13.2 Å². The number of hydrogen-bond acceptors (Lipinski definition) is 4. The molecule has 0 aliphatic carbocycles. The summed E-state index contributed by atoms with van der Waals surface area (Å²) in [6.07, 6.45) is 0. The van der Waals surface area contributed by atoms with E-state index in [-0.39, 0.29) is 10.8 Å². The number of sulfonamides is 1. The summed E-state index contributed by atoms with van der Waals surface area (Å²) in [6, 6.07) is 26.7. The lowest BCUT2D eigenvalue weighted by Crippen LogP contribution is -2.28. The van der Waals surface area contributed by atoms with Crippen molar-refractivity contribution < 1.29 is 17.9 Å². The Bertz CT molecular complexity index is 1360. The molecule has 0 heterocycles. The van der Waals surface area contributed by atoms with Gasteiger partial charge in [0.2, 0.25) is 0 Å². The van der Waals surface area contributed by atoms with Crippen LogP contribution in [0.1, 0.15) is 15.9 Å². The third-order valence-electron chi connectivity index (χ3n) is 5.13. The van der Waals surface area contributed by atoms with Gasteiger partial charge < -0.3 is 10.1 Å². The van der Waals surface area contributed by atoms with Gasteiger partial charge in [0.25, 0.3) is 15.9 Å². The van der Waals surface area contributed by atoms with Crippen molar-refractivity contribution in [3.63, 3.8) is 0 Å². The Kier molecular flexibility index (Phi) is 6.60. The first-order valence-electron chi connectivity index (χ1n) is 10.5. The average Bonchev–Trinajstić information content (AvgIpc) is 2.82. The van der Waals surface area contributed by atoms with Crippen molar-refractivity contribution in [3.8, 4) is 5.75 Å². The Morgan fingerprint density at radius 3 is 2.30 bits per heavy atom. The van der Waals surface area contributed by atoms with Gasteiger partial charge in [0.1, 0.15) is 12.4 Å². The zero-order chi connectivity index (χ0) is 23.3. The van der Waals surface area contributed by atoms with Gasteiger partial charge in [-0.1, -0.05) is 54.1 Å². The molecule has 1 amide bonds. The number of ether oxygens (including phenoxy) is 1. The molecule has 7 heteroatoms. The molecular formula is C26H24N2O4S. The van der Waals surface area contributed by atoms with Gasteiger partial charge in [-0.05, 0) is 54.8 Å². The number of carbonyl (C=O) groups excluding carboxylic acids is 1. The molecule has 6 nitrogen and oxygen atoms in total. The normalized spacial score (nSPS) is 11.2. The maximum Gasteiger partial charge on any atom is 0.261 e. The Labute approximate surface area is 193 Å². The highest BCUT2D eigenvalue weighted by molar-refractivity contribution is 7.92.